The van der Waals surface area contributed by atoms with E-state index in [9.17, 15) is 25.2 Å². The molecule has 0 spiro atoms. The number of aliphatic hydroxyl groups excluding tert-OH is 4. The van der Waals surface area contributed by atoms with E-state index in [-0.39, 0.29) is 11.7 Å². The Kier molecular flexibility index (Phi) is 6.35. The zero-order valence-corrected chi connectivity index (χ0v) is 17.2. The van der Waals surface area contributed by atoms with Crippen LogP contribution in [-0.2, 0) is 14.3 Å². The summed E-state index contributed by atoms with van der Waals surface area (Å²) in [5, 5.41) is 39.7. The molecular weight excluding hydrogens is 364 g/mol. The number of Topliss-reactive ketones (excluding diaryl/α,β-unsaturated/α-hetero) is 1. The molecule has 3 rings (SSSR count). The van der Waals surface area contributed by atoms with Gasteiger partial charge in [-0.1, -0.05) is 12.5 Å². The van der Waals surface area contributed by atoms with Crippen LogP contribution in [0, 0.1) is 17.8 Å². The minimum absolute atomic E-state index is 0.114. The average Bonchev–Trinajstić information content (AvgIpc) is 2.82. The molecule has 4 N–H and O–H groups in total. The molecule has 1 aliphatic heterocycles. The SMILES string of the molecule is CC1=C2CC(C(C)(C)OC3OC(CO)C(O)C(O)C3O)CCC(C)C2CC1=O. The number of carbonyl (C=O) groups is 1. The lowest BCUT2D eigenvalue weighted by molar-refractivity contribution is -0.328. The maximum Gasteiger partial charge on any atom is 0.187 e. The maximum absolute atomic E-state index is 12.2. The quantitative estimate of drug-likeness (QED) is 0.556. The van der Waals surface area contributed by atoms with Crippen LogP contribution in [0.15, 0.2) is 11.1 Å². The Balaban J connectivity index is 1.77. The van der Waals surface area contributed by atoms with Crippen LogP contribution in [0.3, 0.4) is 0 Å². The van der Waals surface area contributed by atoms with Gasteiger partial charge >= 0.3 is 0 Å². The van der Waals surface area contributed by atoms with Crippen LogP contribution in [0.25, 0.3) is 0 Å². The normalized spacial score (nSPS) is 42.5. The fraction of sp³-hybridized carbons (Fsp3) is 0.857. The summed E-state index contributed by atoms with van der Waals surface area (Å²) in [4.78, 5) is 12.2. The molecule has 0 radical (unpaired) electrons. The number of fused-ring (bicyclic) bond motifs is 1. The number of hydrogen-bond acceptors (Lipinski definition) is 7. The van der Waals surface area contributed by atoms with Gasteiger partial charge in [0.15, 0.2) is 12.1 Å². The van der Waals surface area contributed by atoms with E-state index in [4.69, 9.17) is 9.47 Å². The summed E-state index contributed by atoms with van der Waals surface area (Å²) in [7, 11) is 0. The number of allylic oxidation sites excluding steroid dienone is 2. The lowest BCUT2D eigenvalue weighted by Crippen LogP contribution is -2.60. The van der Waals surface area contributed by atoms with E-state index in [1.165, 1.54) is 5.57 Å². The molecule has 1 saturated carbocycles. The van der Waals surface area contributed by atoms with Crippen LogP contribution in [0.4, 0.5) is 0 Å². The maximum atomic E-state index is 12.2. The van der Waals surface area contributed by atoms with Gasteiger partial charge in [0.2, 0.25) is 0 Å². The third-order valence-corrected chi connectivity index (χ3v) is 7.13. The molecule has 160 valence electrons. The fourth-order valence-electron chi connectivity index (χ4n) is 4.97. The van der Waals surface area contributed by atoms with Gasteiger partial charge in [-0.3, -0.25) is 4.79 Å². The molecule has 0 amide bonds. The Labute approximate surface area is 166 Å². The summed E-state index contributed by atoms with van der Waals surface area (Å²) in [6, 6.07) is 0. The van der Waals surface area contributed by atoms with Crippen molar-refractivity contribution in [1.29, 1.82) is 0 Å². The van der Waals surface area contributed by atoms with Gasteiger partial charge in [-0.05, 0) is 63.4 Å². The molecular formula is C21H34O7. The van der Waals surface area contributed by atoms with Gasteiger partial charge in [-0.25, -0.2) is 0 Å². The molecule has 1 saturated heterocycles. The highest BCUT2D eigenvalue weighted by atomic mass is 16.7. The van der Waals surface area contributed by atoms with E-state index in [1.807, 2.05) is 20.8 Å². The van der Waals surface area contributed by atoms with E-state index in [0.29, 0.717) is 18.3 Å². The first-order valence-corrected chi connectivity index (χ1v) is 10.3. The van der Waals surface area contributed by atoms with Crippen molar-refractivity contribution in [3.8, 4) is 0 Å². The summed E-state index contributed by atoms with van der Waals surface area (Å²) in [6.45, 7) is 7.48. The molecule has 0 aromatic carbocycles. The number of rotatable bonds is 4. The molecule has 3 aliphatic rings. The van der Waals surface area contributed by atoms with Crippen molar-refractivity contribution in [2.45, 2.75) is 89.7 Å². The second-order valence-corrected chi connectivity index (χ2v) is 9.26. The number of ketones is 1. The Hall–Kier alpha value is -0.830. The minimum atomic E-state index is -1.46. The zero-order valence-electron chi connectivity index (χ0n) is 17.2. The van der Waals surface area contributed by atoms with Crippen molar-refractivity contribution < 1.29 is 34.7 Å². The summed E-state index contributed by atoms with van der Waals surface area (Å²) in [6.07, 6.45) is -3.14. The van der Waals surface area contributed by atoms with Gasteiger partial charge in [0.25, 0.3) is 0 Å². The second-order valence-electron chi connectivity index (χ2n) is 9.26. The first-order valence-electron chi connectivity index (χ1n) is 10.3. The first-order chi connectivity index (χ1) is 13.1. The molecule has 1 heterocycles. The van der Waals surface area contributed by atoms with Crippen molar-refractivity contribution in [3.63, 3.8) is 0 Å². The summed E-state index contributed by atoms with van der Waals surface area (Å²) < 4.78 is 11.7. The average molecular weight is 398 g/mol. The fourth-order valence-corrected chi connectivity index (χ4v) is 4.97. The highest BCUT2D eigenvalue weighted by Gasteiger charge is 2.48. The van der Waals surface area contributed by atoms with Gasteiger partial charge < -0.3 is 29.9 Å². The Morgan fingerprint density at radius 1 is 1.11 bits per heavy atom. The predicted molar refractivity (Wildman–Crippen MR) is 101 cm³/mol. The highest BCUT2D eigenvalue weighted by molar-refractivity contribution is 5.98. The summed E-state index contributed by atoms with van der Waals surface area (Å²) in [5.74, 6) is 1.09. The molecule has 2 aliphatic carbocycles. The number of aliphatic hydroxyl groups is 4. The number of carbonyl (C=O) groups excluding carboxylic acids is 1. The van der Waals surface area contributed by atoms with Crippen LogP contribution in [0.5, 0.6) is 0 Å². The van der Waals surface area contributed by atoms with Gasteiger partial charge in [-0.2, -0.15) is 0 Å². The van der Waals surface area contributed by atoms with Crippen LogP contribution in [0.1, 0.15) is 53.4 Å². The molecule has 7 nitrogen and oxygen atoms in total. The highest BCUT2D eigenvalue weighted by Crippen LogP contribution is 2.47. The number of hydrogen-bond donors (Lipinski definition) is 4. The van der Waals surface area contributed by atoms with E-state index in [2.05, 4.69) is 6.92 Å². The molecule has 7 heteroatoms. The van der Waals surface area contributed by atoms with Crippen molar-refractivity contribution in [1.82, 2.24) is 0 Å². The minimum Gasteiger partial charge on any atom is -0.394 e. The molecule has 0 aromatic rings. The van der Waals surface area contributed by atoms with Crippen molar-refractivity contribution in [2.75, 3.05) is 6.61 Å². The lowest BCUT2D eigenvalue weighted by atomic mass is 9.82. The van der Waals surface area contributed by atoms with Gasteiger partial charge in [0.05, 0.1) is 12.2 Å². The number of ether oxygens (including phenoxy) is 2. The molecule has 8 atom stereocenters. The molecule has 8 unspecified atom stereocenters. The van der Waals surface area contributed by atoms with E-state index in [1.54, 1.807) is 0 Å². The van der Waals surface area contributed by atoms with Gasteiger partial charge in [0.1, 0.15) is 24.4 Å². The van der Waals surface area contributed by atoms with E-state index >= 15 is 0 Å². The van der Waals surface area contributed by atoms with Crippen molar-refractivity contribution in [2.24, 2.45) is 17.8 Å². The lowest BCUT2D eigenvalue weighted by Gasteiger charge is -2.44. The molecule has 0 aromatic heterocycles. The Morgan fingerprint density at radius 2 is 1.79 bits per heavy atom. The van der Waals surface area contributed by atoms with Crippen LogP contribution in [-0.4, -0.2) is 69.1 Å². The molecule has 2 fully saturated rings. The summed E-state index contributed by atoms with van der Waals surface area (Å²) >= 11 is 0. The molecule has 0 bridgehead atoms. The largest absolute Gasteiger partial charge is 0.394 e. The van der Waals surface area contributed by atoms with E-state index < -0.39 is 42.9 Å². The van der Waals surface area contributed by atoms with Crippen molar-refractivity contribution >= 4 is 5.78 Å². The Bertz CT molecular complexity index is 626. The van der Waals surface area contributed by atoms with Crippen LogP contribution in [0.2, 0.25) is 0 Å². The second kappa shape index (κ2) is 8.13. The van der Waals surface area contributed by atoms with Crippen molar-refractivity contribution in [3.05, 3.63) is 11.1 Å². The standard InChI is InChI=1S/C21H34O7/c1-10-5-6-12(7-14-11(2)15(23)8-13(10)14)21(3,4)28-20-19(26)18(25)17(24)16(9-22)27-20/h10,12-13,16-20,22,24-26H,5-9H2,1-4H3. The smallest absolute Gasteiger partial charge is 0.187 e. The third kappa shape index (κ3) is 3.93. The van der Waals surface area contributed by atoms with Crippen LogP contribution >= 0.6 is 0 Å². The Morgan fingerprint density at radius 3 is 2.43 bits per heavy atom. The van der Waals surface area contributed by atoms with Gasteiger partial charge in [-0.15, -0.1) is 0 Å². The topological polar surface area (TPSA) is 116 Å². The monoisotopic (exact) mass is 398 g/mol. The van der Waals surface area contributed by atoms with Crippen LogP contribution < -0.4 is 0 Å². The predicted octanol–water partition coefficient (Wildman–Crippen LogP) is 0.923. The van der Waals surface area contributed by atoms with Gasteiger partial charge in [0, 0.05) is 6.42 Å². The summed E-state index contributed by atoms with van der Waals surface area (Å²) in [5.41, 5.74) is 1.42. The van der Waals surface area contributed by atoms with E-state index in [0.717, 1.165) is 24.8 Å². The zero-order chi connectivity index (χ0) is 20.8. The molecule has 28 heavy (non-hydrogen) atoms. The first kappa shape index (κ1) is 21.9. The third-order valence-electron chi connectivity index (χ3n) is 7.13.